The standard InChI is InChI=1S/C51H60N14O18P2/c1-26(2)40(60-38(68)19-55-37(67)18-54-36(66)17-52)47(72)58-27(3)45(70)59-31-11-9-28(10-12-31)21-77-51(74)64(4)20-29-7-5-6-8-33(29)46(71)62-50-61-44-41(48(73)63-50)57-25-65(44)49-43-42(69)35(81-49)23-79-84(75)82-34-16-32(80-39-13-14-53-24-56-39)15-30(34)22-78-85(76)83-43/h5-14,24-27,30,32,34-35,40,42-43,49,69H,15-23,52H2,1-4H3,(H5-2,54,55,58,59,60,61,62,63,66,67,68,70,71,72,73)/p+2/t27-,30+,32+,34-,35+,40-,42+,43+,49+/m0/s1. The van der Waals surface area contributed by atoms with E-state index in [9.17, 15) is 52.6 Å². The Morgan fingerprint density at radius 3 is 2.34 bits per heavy atom. The Morgan fingerprint density at radius 2 is 1.60 bits per heavy atom. The van der Waals surface area contributed by atoms with E-state index in [2.05, 4.69) is 56.8 Å². The van der Waals surface area contributed by atoms with Crippen LogP contribution < -0.4 is 47.9 Å². The SMILES string of the molecule is CC(C)[C@H](NC(=O)CNC(=O)CNC(=O)CN)C(=O)N[C@@H](C)C(=O)Nc1ccc(COC(=O)N(C)Cc2ccccc2C(=O)Nc2nc3c(ncn3[C@@H]3O[C@@H]4CO[P+](=O)O[C@H]5C[C@H](Oc6ccncn6)C[C@@H]5CO[P+](=O)O[C@@H]3[C@@H]4O)c(=O)[nH]2)cc1. The molecule has 0 radical (unpaired) electrons. The van der Waals surface area contributed by atoms with E-state index in [4.69, 9.17) is 38.0 Å². The minimum atomic E-state index is -2.95. The molecule has 11 atom stereocenters. The predicted octanol–water partition coefficient (Wildman–Crippen LogP) is 0.954. The van der Waals surface area contributed by atoms with E-state index in [0.29, 0.717) is 29.1 Å². The maximum atomic E-state index is 13.9. The van der Waals surface area contributed by atoms with Crippen molar-refractivity contribution in [3.63, 3.8) is 0 Å². The molecule has 8 rings (SSSR count). The lowest BCUT2D eigenvalue weighted by atomic mass is 10.0. The summed E-state index contributed by atoms with van der Waals surface area (Å²) in [4.78, 5) is 123. The number of anilines is 2. The van der Waals surface area contributed by atoms with Gasteiger partial charge >= 0.3 is 22.6 Å². The van der Waals surface area contributed by atoms with Crippen LogP contribution in [0.1, 0.15) is 61.3 Å². The third-order valence-electron chi connectivity index (χ3n) is 13.5. The maximum Gasteiger partial charge on any atom is 0.697 e. The number of aromatic nitrogens is 6. The maximum absolute atomic E-state index is 13.9. The first-order valence-corrected chi connectivity index (χ1v) is 28.7. The zero-order valence-corrected chi connectivity index (χ0v) is 47.9. The molecule has 452 valence electrons. The number of rotatable bonds is 20. The molecule has 3 fully saturated rings. The molecule has 34 heteroatoms. The van der Waals surface area contributed by atoms with Gasteiger partial charge in [0.1, 0.15) is 62.6 Å². The molecular weight excluding hydrogens is 1160 g/mol. The summed E-state index contributed by atoms with van der Waals surface area (Å²) in [5, 5.41) is 26.4. The number of nitrogens with one attached hydrogen (secondary N) is 7. The number of nitrogens with two attached hydrogens (primary N) is 1. The lowest BCUT2D eigenvalue weighted by Gasteiger charge is -2.24. The van der Waals surface area contributed by atoms with Crippen molar-refractivity contribution in [1.29, 1.82) is 0 Å². The van der Waals surface area contributed by atoms with Gasteiger partial charge in [0, 0.05) is 58.6 Å². The zero-order chi connectivity index (χ0) is 60.9. The van der Waals surface area contributed by atoms with E-state index in [1.165, 1.54) is 48.4 Å². The predicted molar refractivity (Wildman–Crippen MR) is 295 cm³/mol. The molecule has 10 N–H and O–H groups in total. The number of carbonyl (C=O) groups excluding carboxylic acids is 7. The van der Waals surface area contributed by atoms with Gasteiger partial charge < -0.3 is 56.5 Å². The highest BCUT2D eigenvalue weighted by Gasteiger charge is 2.54. The van der Waals surface area contributed by atoms with Crippen molar-refractivity contribution >= 4 is 80.8 Å². The van der Waals surface area contributed by atoms with Gasteiger partial charge in [0.05, 0.1) is 26.0 Å². The first-order valence-electron chi connectivity index (χ1n) is 26.5. The zero-order valence-electron chi connectivity index (χ0n) is 46.1. The fraction of sp³-hybridized carbons (Fsp3) is 0.451. The molecule has 7 amide bonds. The molecule has 2 aliphatic heterocycles. The fourth-order valence-corrected chi connectivity index (χ4v) is 10.7. The summed E-state index contributed by atoms with van der Waals surface area (Å²) in [6.45, 7) is 2.70. The van der Waals surface area contributed by atoms with Crippen LogP contribution in [-0.2, 0) is 73.8 Å². The largest absolute Gasteiger partial charge is 0.697 e. The van der Waals surface area contributed by atoms with Crippen molar-refractivity contribution in [2.24, 2.45) is 17.6 Å². The second-order valence-corrected chi connectivity index (χ2v) is 21.9. The molecule has 3 aromatic heterocycles. The van der Waals surface area contributed by atoms with E-state index in [0.717, 1.165) is 0 Å². The first-order chi connectivity index (χ1) is 40.7. The minimum Gasteiger partial charge on any atom is -0.474 e. The smallest absolute Gasteiger partial charge is 0.474 e. The van der Waals surface area contributed by atoms with Crippen molar-refractivity contribution in [1.82, 2.24) is 55.7 Å². The Labute approximate surface area is 485 Å². The summed E-state index contributed by atoms with van der Waals surface area (Å²) in [5.41, 5.74) is 5.43. The molecule has 2 aromatic carbocycles. The number of benzene rings is 2. The third kappa shape index (κ3) is 16.7. The Balaban J connectivity index is 0.831. The average Bonchev–Trinajstić information content (AvgIpc) is 2.83. The Hall–Kier alpha value is -8.32. The van der Waals surface area contributed by atoms with Gasteiger partial charge in [0.2, 0.25) is 41.4 Å². The molecule has 32 nitrogen and oxygen atoms in total. The Bertz CT molecular complexity index is 3340. The summed E-state index contributed by atoms with van der Waals surface area (Å²) >= 11 is 0. The van der Waals surface area contributed by atoms with Crippen LogP contribution in [0, 0.1) is 11.8 Å². The van der Waals surface area contributed by atoms with Crippen LogP contribution in [0.15, 0.2) is 78.2 Å². The summed E-state index contributed by atoms with van der Waals surface area (Å²) in [6.07, 6.45) is -2.84. The average molecular weight is 1220 g/mol. The number of aromatic amines is 1. The molecular formula is C51H62N14O18P2+2. The van der Waals surface area contributed by atoms with E-state index >= 15 is 0 Å². The number of aliphatic hydroxyl groups excluding tert-OH is 1. The molecule has 3 aliphatic rings. The summed E-state index contributed by atoms with van der Waals surface area (Å²) in [6, 6.07) is 12.1. The summed E-state index contributed by atoms with van der Waals surface area (Å²) in [5.74, 6) is -4.71. The Kier molecular flexibility index (Phi) is 21.4. The molecule has 0 spiro atoms. The number of ether oxygens (including phenoxy) is 3. The van der Waals surface area contributed by atoms with Gasteiger partial charge in [-0.15, -0.1) is 18.1 Å². The number of carbonyl (C=O) groups is 7. The summed E-state index contributed by atoms with van der Waals surface area (Å²) < 4.78 is 68.0. The van der Waals surface area contributed by atoms with E-state index in [1.54, 1.807) is 62.4 Å². The van der Waals surface area contributed by atoms with Crippen LogP contribution in [0.5, 0.6) is 5.88 Å². The number of fused-ring (bicyclic) bond motifs is 4. The topological polar surface area (TPSA) is 429 Å². The lowest BCUT2D eigenvalue weighted by Crippen LogP contribution is -2.55. The molecule has 2 saturated heterocycles. The van der Waals surface area contributed by atoms with Gasteiger partial charge in [0.25, 0.3) is 11.5 Å². The third-order valence-corrected chi connectivity index (χ3v) is 15.1. The highest BCUT2D eigenvalue weighted by atomic mass is 31.1. The number of hydrogen-bond donors (Lipinski definition) is 9. The van der Waals surface area contributed by atoms with E-state index in [1.807, 2.05) is 0 Å². The monoisotopic (exact) mass is 1220 g/mol. The van der Waals surface area contributed by atoms with Gasteiger partial charge in [-0.3, -0.25) is 48.4 Å². The molecule has 85 heavy (non-hydrogen) atoms. The quantitative estimate of drug-likeness (QED) is 0.0490. The number of imidazole rings is 1. The molecule has 2 bridgehead atoms. The fourth-order valence-electron chi connectivity index (χ4n) is 9.07. The summed E-state index contributed by atoms with van der Waals surface area (Å²) in [7, 11) is -4.27. The van der Waals surface area contributed by atoms with Gasteiger partial charge in [-0.05, 0) is 48.6 Å². The van der Waals surface area contributed by atoms with E-state index < -0.39 is 137 Å². The van der Waals surface area contributed by atoms with Crippen LogP contribution in [0.4, 0.5) is 16.4 Å². The van der Waals surface area contributed by atoms with Crippen LogP contribution in [0.3, 0.4) is 0 Å². The second kappa shape index (κ2) is 29.0. The Morgan fingerprint density at radius 1 is 0.871 bits per heavy atom. The van der Waals surface area contributed by atoms with Gasteiger partial charge in [-0.2, -0.15) is 4.98 Å². The highest BCUT2D eigenvalue weighted by Crippen LogP contribution is 2.44. The molecule has 1 aliphatic carbocycles. The minimum absolute atomic E-state index is 0.0958. The van der Waals surface area contributed by atoms with Gasteiger partial charge in [-0.25, -0.2) is 19.7 Å². The van der Waals surface area contributed by atoms with Crippen LogP contribution in [-0.4, -0.2) is 164 Å². The first kappa shape index (κ1) is 62.7. The highest BCUT2D eigenvalue weighted by molar-refractivity contribution is 7.33. The molecule has 2 unspecified atom stereocenters. The van der Waals surface area contributed by atoms with Gasteiger partial charge in [-0.1, -0.05) is 44.2 Å². The van der Waals surface area contributed by atoms with E-state index in [-0.39, 0.29) is 61.9 Å². The number of nitrogens with zero attached hydrogens (tertiary/aromatic N) is 6. The number of amides is 7. The van der Waals surface area contributed by atoms with Gasteiger partial charge in [0.15, 0.2) is 23.5 Å². The van der Waals surface area contributed by atoms with Crippen LogP contribution in [0.2, 0.25) is 0 Å². The number of hydrogen-bond acceptors (Lipinski definition) is 23. The second-order valence-electron chi connectivity index (χ2n) is 20.1. The molecule has 5 heterocycles. The number of H-pyrrole nitrogens is 1. The van der Waals surface area contributed by atoms with Crippen LogP contribution >= 0.6 is 16.5 Å². The van der Waals surface area contributed by atoms with Crippen LogP contribution in [0.25, 0.3) is 11.2 Å². The lowest BCUT2D eigenvalue weighted by molar-refractivity contribution is -0.132. The normalized spacial score (nSPS) is 22.0. The van der Waals surface area contributed by atoms with Crippen molar-refractivity contribution in [3.8, 4) is 5.88 Å². The van der Waals surface area contributed by atoms with Crippen molar-refractivity contribution in [2.75, 3.05) is 50.5 Å². The van der Waals surface area contributed by atoms with Crippen molar-refractivity contribution < 1.29 is 80.1 Å². The molecule has 5 aromatic rings. The number of aliphatic hydroxyl groups is 1. The molecule has 1 saturated carbocycles. The van der Waals surface area contributed by atoms with Crippen molar-refractivity contribution in [3.05, 3.63) is 100 Å². The van der Waals surface area contributed by atoms with Crippen molar-refractivity contribution in [2.45, 2.75) is 95.6 Å².